The number of benzene rings is 2. The molecule has 0 unspecified atom stereocenters. The van der Waals surface area contributed by atoms with E-state index >= 15 is 0 Å². The van der Waals surface area contributed by atoms with Crippen molar-refractivity contribution >= 4 is 33.2 Å². The second-order valence-corrected chi connectivity index (χ2v) is 9.15. The first kappa shape index (κ1) is 22.2. The molecule has 8 heteroatoms. The quantitative estimate of drug-likeness (QED) is 0.672. The maximum absolute atomic E-state index is 12.3. The van der Waals surface area contributed by atoms with Gasteiger partial charge in [0.2, 0.25) is 10.0 Å². The molecule has 6 nitrogen and oxygen atoms in total. The normalized spacial score (nSPS) is 11.5. The lowest BCUT2D eigenvalue weighted by Crippen LogP contribution is -2.27. The second kappa shape index (κ2) is 9.41. The summed E-state index contributed by atoms with van der Waals surface area (Å²) in [6.07, 6.45) is 0. The highest BCUT2D eigenvalue weighted by molar-refractivity contribution is 7.89. The van der Waals surface area contributed by atoms with Crippen LogP contribution < -0.4 is 14.8 Å². The maximum atomic E-state index is 12.3. The van der Waals surface area contributed by atoms with Gasteiger partial charge in [-0.3, -0.25) is 4.79 Å². The third-order valence-corrected chi connectivity index (χ3v) is 5.78. The topological polar surface area (TPSA) is 84.5 Å². The number of aryl methyl sites for hydroxylation is 2. The van der Waals surface area contributed by atoms with Gasteiger partial charge in [-0.15, -0.1) is 0 Å². The van der Waals surface area contributed by atoms with Crippen LogP contribution in [0.4, 0.5) is 5.69 Å². The van der Waals surface area contributed by atoms with E-state index in [-0.39, 0.29) is 23.3 Å². The minimum atomic E-state index is -3.57. The molecule has 0 heterocycles. The zero-order valence-electron chi connectivity index (χ0n) is 16.4. The van der Waals surface area contributed by atoms with Gasteiger partial charge in [0, 0.05) is 17.3 Å². The van der Waals surface area contributed by atoms with E-state index in [9.17, 15) is 13.2 Å². The Labute approximate surface area is 171 Å². The highest BCUT2D eigenvalue weighted by Gasteiger charge is 2.16. The molecule has 0 aliphatic carbocycles. The van der Waals surface area contributed by atoms with Crippen molar-refractivity contribution in [2.24, 2.45) is 5.92 Å². The second-order valence-electron chi connectivity index (χ2n) is 6.97. The first-order valence-electron chi connectivity index (χ1n) is 8.87. The van der Waals surface area contributed by atoms with Crippen molar-refractivity contribution in [3.63, 3.8) is 0 Å². The molecule has 0 aliphatic heterocycles. The smallest absolute Gasteiger partial charge is 0.262 e. The fourth-order valence-electron chi connectivity index (χ4n) is 2.32. The van der Waals surface area contributed by atoms with Crippen LogP contribution in [0.1, 0.15) is 25.0 Å². The third kappa shape index (κ3) is 6.22. The highest BCUT2D eigenvalue weighted by Crippen LogP contribution is 2.23. The number of ether oxygens (including phenoxy) is 1. The highest BCUT2D eigenvalue weighted by atomic mass is 35.5. The molecule has 0 spiro atoms. The van der Waals surface area contributed by atoms with E-state index in [1.165, 1.54) is 12.1 Å². The lowest BCUT2D eigenvalue weighted by molar-refractivity contribution is -0.118. The van der Waals surface area contributed by atoms with E-state index in [1.54, 1.807) is 25.1 Å². The molecule has 28 heavy (non-hydrogen) atoms. The average molecular weight is 425 g/mol. The van der Waals surface area contributed by atoms with Crippen LogP contribution >= 0.6 is 11.6 Å². The van der Waals surface area contributed by atoms with E-state index in [4.69, 9.17) is 16.3 Å². The Hall–Kier alpha value is -2.09. The lowest BCUT2D eigenvalue weighted by atomic mass is 10.2. The standard InChI is InChI=1S/C20H25ClN2O4S/c1-13(2)11-22-28(25,26)17-7-8-19(15(4)9-17)27-12-20(24)23-16-6-5-14(3)18(21)10-16/h5-10,13,22H,11-12H2,1-4H3,(H,23,24). The molecule has 0 bridgehead atoms. The molecule has 0 fully saturated rings. The predicted molar refractivity (Wildman–Crippen MR) is 112 cm³/mol. The zero-order valence-corrected chi connectivity index (χ0v) is 17.9. The van der Waals surface area contributed by atoms with Crippen LogP contribution in [0.15, 0.2) is 41.3 Å². The molecule has 0 aromatic heterocycles. The van der Waals surface area contributed by atoms with Crippen LogP contribution in [0.2, 0.25) is 5.02 Å². The number of halogens is 1. The van der Waals surface area contributed by atoms with Crippen LogP contribution in [-0.2, 0) is 14.8 Å². The Bertz CT molecular complexity index is 959. The SMILES string of the molecule is Cc1ccc(NC(=O)COc2ccc(S(=O)(=O)NCC(C)C)cc2C)cc1Cl. The summed E-state index contributed by atoms with van der Waals surface area (Å²) in [5.41, 5.74) is 2.13. The molecule has 0 saturated heterocycles. The van der Waals surface area contributed by atoms with Crippen LogP contribution in [-0.4, -0.2) is 27.5 Å². The zero-order chi connectivity index (χ0) is 20.9. The number of hydrogen-bond donors (Lipinski definition) is 2. The fraction of sp³-hybridized carbons (Fsp3) is 0.350. The van der Waals surface area contributed by atoms with E-state index in [2.05, 4.69) is 10.0 Å². The van der Waals surface area contributed by atoms with E-state index in [0.717, 1.165) is 5.56 Å². The number of rotatable bonds is 8. The Morgan fingerprint density at radius 2 is 1.82 bits per heavy atom. The molecular weight excluding hydrogens is 400 g/mol. The molecule has 1 amide bonds. The van der Waals surface area contributed by atoms with Crippen molar-refractivity contribution in [2.75, 3.05) is 18.5 Å². The van der Waals surface area contributed by atoms with Crippen LogP contribution in [0.25, 0.3) is 0 Å². The van der Waals surface area contributed by atoms with Gasteiger partial charge in [0.25, 0.3) is 5.91 Å². The van der Waals surface area contributed by atoms with Crippen molar-refractivity contribution in [1.29, 1.82) is 0 Å². The Kier molecular flexibility index (Phi) is 7.46. The number of carbonyl (C=O) groups is 1. The Morgan fingerprint density at radius 3 is 2.43 bits per heavy atom. The number of anilines is 1. The Morgan fingerprint density at radius 1 is 1.11 bits per heavy atom. The van der Waals surface area contributed by atoms with Gasteiger partial charge in [-0.1, -0.05) is 31.5 Å². The van der Waals surface area contributed by atoms with Gasteiger partial charge in [-0.05, 0) is 61.2 Å². The molecule has 2 aromatic rings. The van der Waals surface area contributed by atoms with E-state index in [0.29, 0.717) is 28.6 Å². The van der Waals surface area contributed by atoms with Gasteiger partial charge in [0.05, 0.1) is 4.90 Å². The summed E-state index contributed by atoms with van der Waals surface area (Å²) in [7, 11) is -3.57. The molecule has 2 rings (SSSR count). The molecule has 2 N–H and O–H groups in total. The maximum Gasteiger partial charge on any atom is 0.262 e. The summed E-state index contributed by atoms with van der Waals surface area (Å²) in [5, 5.41) is 3.28. The minimum Gasteiger partial charge on any atom is -0.483 e. The summed E-state index contributed by atoms with van der Waals surface area (Å²) in [6, 6.07) is 9.78. The molecule has 152 valence electrons. The molecule has 0 aliphatic rings. The molecule has 2 aromatic carbocycles. The molecule has 0 atom stereocenters. The number of amides is 1. The molecule has 0 saturated carbocycles. The van der Waals surface area contributed by atoms with Gasteiger partial charge in [0.1, 0.15) is 5.75 Å². The molecular formula is C20H25ClN2O4S. The summed E-state index contributed by atoms with van der Waals surface area (Å²) in [6.45, 7) is 7.63. The van der Waals surface area contributed by atoms with Gasteiger partial charge in [0.15, 0.2) is 6.61 Å². The van der Waals surface area contributed by atoms with Crippen molar-refractivity contribution in [3.8, 4) is 5.75 Å². The summed E-state index contributed by atoms with van der Waals surface area (Å²) in [5.74, 6) is 0.315. The van der Waals surface area contributed by atoms with Crippen molar-refractivity contribution < 1.29 is 17.9 Å². The number of carbonyl (C=O) groups excluding carboxylic acids is 1. The Balaban J connectivity index is 1.99. The first-order chi connectivity index (χ1) is 13.1. The first-order valence-corrected chi connectivity index (χ1v) is 10.7. The van der Waals surface area contributed by atoms with Crippen molar-refractivity contribution in [1.82, 2.24) is 4.72 Å². The summed E-state index contributed by atoms with van der Waals surface area (Å²) >= 11 is 6.05. The number of hydrogen-bond acceptors (Lipinski definition) is 4. The van der Waals surface area contributed by atoms with Gasteiger partial charge >= 0.3 is 0 Å². The summed E-state index contributed by atoms with van der Waals surface area (Å²) < 4.78 is 32.7. The largest absolute Gasteiger partial charge is 0.483 e. The van der Waals surface area contributed by atoms with Crippen LogP contribution in [0.5, 0.6) is 5.75 Å². The number of nitrogens with one attached hydrogen (secondary N) is 2. The lowest BCUT2D eigenvalue weighted by Gasteiger charge is -2.13. The van der Waals surface area contributed by atoms with Crippen molar-refractivity contribution in [2.45, 2.75) is 32.6 Å². The van der Waals surface area contributed by atoms with Crippen molar-refractivity contribution in [3.05, 3.63) is 52.5 Å². The average Bonchev–Trinajstić information content (AvgIpc) is 2.62. The monoisotopic (exact) mass is 424 g/mol. The van der Waals surface area contributed by atoms with E-state index < -0.39 is 10.0 Å². The number of sulfonamides is 1. The van der Waals surface area contributed by atoms with Gasteiger partial charge in [-0.2, -0.15) is 0 Å². The third-order valence-electron chi connectivity index (χ3n) is 3.95. The van der Waals surface area contributed by atoms with Crippen LogP contribution in [0, 0.1) is 19.8 Å². The van der Waals surface area contributed by atoms with E-state index in [1.807, 2.05) is 26.8 Å². The molecule has 0 radical (unpaired) electrons. The fourth-order valence-corrected chi connectivity index (χ4v) is 3.80. The van der Waals surface area contributed by atoms with Gasteiger partial charge < -0.3 is 10.1 Å². The predicted octanol–water partition coefficient (Wildman–Crippen LogP) is 3.91. The summed E-state index contributed by atoms with van der Waals surface area (Å²) in [4.78, 5) is 12.2. The minimum absolute atomic E-state index is 0.164. The van der Waals surface area contributed by atoms with Gasteiger partial charge in [-0.25, -0.2) is 13.1 Å². The van der Waals surface area contributed by atoms with Crippen LogP contribution in [0.3, 0.4) is 0 Å².